The average molecular weight is 273 g/mol. The highest BCUT2D eigenvalue weighted by atomic mass is 16.5. The van der Waals surface area contributed by atoms with E-state index in [2.05, 4.69) is 15.0 Å². The Labute approximate surface area is 118 Å². The van der Waals surface area contributed by atoms with Crippen molar-refractivity contribution < 1.29 is 9.63 Å². The normalized spacial score (nSPS) is 18.2. The van der Waals surface area contributed by atoms with Crippen molar-refractivity contribution in [1.29, 1.82) is 0 Å². The van der Waals surface area contributed by atoms with E-state index in [1.54, 1.807) is 0 Å². The number of aromatic nitrogens is 2. The van der Waals surface area contributed by atoms with Crippen LogP contribution in [0.15, 0.2) is 34.9 Å². The standard InChI is InChI=1S/C15H19N3O2/c1-11(19)12-7-9-18(10-8-12)15-16-14(20-17-15)13-5-3-2-4-6-13/h2-6,11-12,19H,7-10H2,1H3. The molecule has 1 atom stereocenters. The lowest BCUT2D eigenvalue weighted by molar-refractivity contribution is 0.109. The highest BCUT2D eigenvalue weighted by Gasteiger charge is 2.25. The molecule has 106 valence electrons. The van der Waals surface area contributed by atoms with Crippen molar-refractivity contribution in [1.82, 2.24) is 10.1 Å². The van der Waals surface area contributed by atoms with Gasteiger partial charge in [0.1, 0.15) is 0 Å². The topological polar surface area (TPSA) is 62.4 Å². The molecule has 1 aromatic carbocycles. The molecule has 0 aliphatic carbocycles. The molecule has 1 fully saturated rings. The maximum Gasteiger partial charge on any atom is 0.266 e. The molecule has 2 heterocycles. The molecule has 3 rings (SSSR count). The van der Waals surface area contributed by atoms with Crippen LogP contribution >= 0.6 is 0 Å². The number of rotatable bonds is 3. The highest BCUT2D eigenvalue weighted by molar-refractivity contribution is 5.54. The fraction of sp³-hybridized carbons (Fsp3) is 0.467. The molecule has 5 nitrogen and oxygen atoms in total. The molecule has 20 heavy (non-hydrogen) atoms. The predicted molar refractivity (Wildman–Crippen MR) is 76.4 cm³/mol. The lowest BCUT2D eigenvalue weighted by Gasteiger charge is -2.32. The zero-order valence-electron chi connectivity index (χ0n) is 11.6. The Balaban J connectivity index is 1.69. The summed E-state index contributed by atoms with van der Waals surface area (Å²) in [7, 11) is 0. The van der Waals surface area contributed by atoms with E-state index in [9.17, 15) is 5.11 Å². The van der Waals surface area contributed by atoms with Crippen molar-refractivity contribution in [3.8, 4) is 11.5 Å². The Morgan fingerprint density at radius 3 is 2.60 bits per heavy atom. The first-order valence-electron chi connectivity index (χ1n) is 7.06. The lowest BCUT2D eigenvalue weighted by atomic mass is 9.92. The van der Waals surface area contributed by atoms with Crippen LogP contribution in [0.1, 0.15) is 19.8 Å². The molecule has 1 N–H and O–H groups in total. The Morgan fingerprint density at radius 2 is 1.95 bits per heavy atom. The molecule has 1 aliphatic rings. The molecule has 1 aliphatic heterocycles. The van der Waals surface area contributed by atoms with Crippen molar-refractivity contribution >= 4 is 5.95 Å². The van der Waals surface area contributed by atoms with Gasteiger partial charge in [-0.05, 0) is 43.0 Å². The minimum absolute atomic E-state index is 0.234. The van der Waals surface area contributed by atoms with E-state index in [-0.39, 0.29) is 6.10 Å². The van der Waals surface area contributed by atoms with Gasteiger partial charge in [-0.15, -0.1) is 0 Å². The van der Waals surface area contributed by atoms with Gasteiger partial charge in [0.2, 0.25) is 0 Å². The fourth-order valence-corrected chi connectivity index (χ4v) is 2.62. The number of benzene rings is 1. The molecule has 0 spiro atoms. The van der Waals surface area contributed by atoms with Crippen molar-refractivity contribution in [2.45, 2.75) is 25.9 Å². The molecular formula is C15H19N3O2. The van der Waals surface area contributed by atoms with Crippen molar-refractivity contribution in [3.05, 3.63) is 30.3 Å². The monoisotopic (exact) mass is 273 g/mol. The Bertz CT molecular complexity index is 545. The van der Waals surface area contributed by atoms with E-state index >= 15 is 0 Å². The molecule has 0 amide bonds. The maximum absolute atomic E-state index is 9.62. The number of aliphatic hydroxyl groups excluding tert-OH is 1. The number of anilines is 1. The van der Waals surface area contributed by atoms with Crippen LogP contribution < -0.4 is 4.90 Å². The number of hydrogen-bond donors (Lipinski definition) is 1. The maximum atomic E-state index is 9.62. The lowest BCUT2D eigenvalue weighted by Crippen LogP contribution is -2.37. The molecule has 0 bridgehead atoms. The predicted octanol–water partition coefficient (Wildman–Crippen LogP) is 2.33. The summed E-state index contributed by atoms with van der Waals surface area (Å²) in [4.78, 5) is 6.58. The third-order valence-corrected chi connectivity index (χ3v) is 3.94. The second-order valence-electron chi connectivity index (χ2n) is 5.33. The van der Waals surface area contributed by atoms with E-state index < -0.39 is 0 Å². The van der Waals surface area contributed by atoms with Gasteiger partial charge in [-0.2, -0.15) is 4.98 Å². The minimum atomic E-state index is -0.234. The van der Waals surface area contributed by atoms with Crippen LogP contribution in [0.5, 0.6) is 0 Å². The zero-order valence-corrected chi connectivity index (χ0v) is 11.6. The Morgan fingerprint density at radius 1 is 1.25 bits per heavy atom. The van der Waals surface area contributed by atoms with Crippen molar-refractivity contribution in [2.24, 2.45) is 5.92 Å². The van der Waals surface area contributed by atoms with Crippen LogP contribution in [0.2, 0.25) is 0 Å². The quantitative estimate of drug-likeness (QED) is 0.930. The van der Waals surface area contributed by atoms with Crippen LogP contribution in [0.25, 0.3) is 11.5 Å². The first-order valence-corrected chi connectivity index (χ1v) is 7.06. The first-order chi connectivity index (χ1) is 9.74. The van der Waals surface area contributed by atoms with Crippen LogP contribution in [0.3, 0.4) is 0 Å². The highest BCUT2D eigenvalue weighted by Crippen LogP contribution is 2.25. The second kappa shape index (κ2) is 5.63. The molecular weight excluding hydrogens is 254 g/mol. The zero-order chi connectivity index (χ0) is 13.9. The van der Waals surface area contributed by atoms with Crippen LogP contribution in [-0.4, -0.2) is 34.4 Å². The van der Waals surface area contributed by atoms with Gasteiger partial charge in [0.05, 0.1) is 6.10 Å². The van der Waals surface area contributed by atoms with Crippen molar-refractivity contribution in [2.75, 3.05) is 18.0 Å². The fourth-order valence-electron chi connectivity index (χ4n) is 2.62. The second-order valence-corrected chi connectivity index (χ2v) is 5.33. The van der Waals surface area contributed by atoms with Crippen LogP contribution in [0, 0.1) is 5.92 Å². The van der Waals surface area contributed by atoms with Gasteiger partial charge in [-0.1, -0.05) is 18.2 Å². The van der Waals surface area contributed by atoms with Gasteiger partial charge >= 0.3 is 0 Å². The van der Waals surface area contributed by atoms with Crippen molar-refractivity contribution in [3.63, 3.8) is 0 Å². The molecule has 1 aromatic heterocycles. The van der Waals surface area contributed by atoms with Gasteiger partial charge in [0.25, 0.3) is 11.8 Å². The molecule has 5 heteroatoms. The molecule has 2 aromatic rings. The van der Waals surface area contributed by atoms with E-state index in [1.807, 2.05) is 37.3 Å². The smallest absolute Gasteiger partial charge is 0.266 e. The number of nitrogens with zero attached hydrogens (tertiary/aromatic N) is 3. The van der Waals surface area contributed by atoms with Gasteiger partial charge in [0, 0.05) is 18.7 Å². The largest absolute Gasteiger partial charge is 0.393 e. The minimum Gasteiger partial charge on any atom is -0.393 e. The Kier molecular flexibility index (Phi) is 3.69. The summed E-state index contributed by atoms with van der Waals surface area (Å²) < 4.78 is 5.33. The third kappa shape index (κ3) is 2.67. The molecule has 1 unspecified atom stereocenters. The molecule has 0 saturated carbocycles. The van der Waals surface area contributed by atoms with E-state index in [0.717, 1.165) is 31.5 Å². The van der Waals surface area contributed by atoms with Gasteiger partial charge < -0.3 is 14.5 Å². The Hall–Kier alpha value is -1.88. The summed E-state index contributed by atoms with van der Waals surface area (Å²) in [6.45, 7) is 3.59. The van der Waals surface area contributed by atoms with Crippen LogP contribution in [0.4, 0.5) is 5.95 Å². The van der Waals surface area contributed by atoms with E-state index in [0.29, 0.717) is 17.8 Å². The number of hydrogen-bond acceptors (Lipinski definition) is 5. The van der Waals surface area contributed by atoms with E-state index in [1.165, 1.54) is 0 Å². The summed E-state index contributed by atoms with van der Waals surface area (Å²) in [6.07, 6.45) is 1.70. The van der Waals surface area contributed by atoms with Gasteiger partial charge in [0.15, 0.2) is 0 Å². The number of aliphatic hydroxyl groups is 1. The average Bonchev–Trinajstić information content (AvgIpc) is 2.98. The van der Waals surface area contributed by atoms with Crippen LogP contribution in [-0.2, 0) is 0 Å². The summed E-state index contributed by atoms with van der Waals surface area (Å²) in [6, 6.07) is 9.77. The third-order valence-electron chi connectivity index (χ3n) is 3.94. The summed E-state index contributed by atoms with van der Waals surface area (Å²) in [5.41, 5.74) is 0.935. The summed E-state index contributed by atoms with van der Waals surface area (Å²) in [5.74, 6) is 1.58. The van der Waals surface area contributed by atoms with Gasteiger partial charge in [-0.3, -0.25) is 0 Å². The number of piperidine rings is 1. The SMILES string of the molecule is CC(O)C1CCN(c2noc(-c3ccccc3)n2)CC1. The molecule has 1 saturated heterocycles. The summed E-state index contributed by atoms with van der Waals surface area (Å²) >= 11 is 0. The molecule has 0 radical (unpaired) electrons. The van der Waals surface area contributed by atoms with Gasteiger partial charge in [-0.25, -0.2) is 0 Å². The van der Waals surface area contributed by atoms with E-state index in [4.69, 9.17) is 4.52 Å². The summed E-state index contributed by atoms with van der Waals surface area (Å²) in [5, 5.41) is 13.7. The first kappa shape index (κ1) is 13.1.